The van der Waals surface area contributed by atoms with Gasteiger partial charge in [0.2, 0.25) is 0 Å². The number of hydrogen-bond acceptors (Lipinski definition) is 3. The van der Waals surface area contributed by atoms with E-state index < -0.39 is 5.97 Å². The number of hydrogen-bond donors (Lipinski definition) is 1. The van der Waals surface area contributed by atoms with Gasteiger partial charge < -0.3 is 10.0 Å². The fraction of sp³-hybridized carbons (Fsp3) is 0.400. The van der Waals surface area contributed by atoms with E-state index in [0.717, 1.165) is 18.7 Å². The summed E-state index contributed by atoms with van der Waals surface area (Å²) in [6.07, 6.45) is 4.21. The van der Waals surface area contributed by atoms with E-state index in [1.165, 1.54) is 0 Å². The molecule has 1 aliphatic rings. The van der Waals surface area contributed by atoms with Crippen LogP contribution in [-0.4, -0.2) is 29.1 Å². The Labute approximate surface area is 82.2 Å². The molecule has 0 amide bonds. The number of rotatable bonds is 2. The quantitative estimate of drug-likeness (QED) is 0.759. The fourth-order valence-electron chi connectivity index (χ4n) is 1.74. The maximum Gasteiger partial charge on any atom is 0.308 e. The Morgan fingerprint density at radius 2 is 2.50 bits per heavy atom. The second kappa shape index (κ2) is 3.65. The summed E-state index contributed by atoms with van der Waals surface area (Å²) < 4.78 is 0. The average Bonchev–Trinajstić information content (AvgIpc) is 2.68. The van der Waals surface area contributed by atoms with Gasteiger partial charge in [-0.1, -0.05) is 0 Å². The number of aromatic nitrogens is 1. The first-order valence-electron chi connectivity index (χ1n) is 4.65. The molecule has 1 saturated heterocycles. The van der Waals surface area contributed by atoms with Crippen molar-refractivity contribution in [3.8, 4) is 0 Å². The van der Waals surface area contributed by atoms with Gasteiger partial charge in [0.05, 0.1) is 17.8 Å². The number of carbonyl (C=O) groups is 1. The van der Waals surface area contributed by atoms with Crippen molar-refractivity contribution in [3.63, 3.8) is 0 Å². The van der Waals surface area contributed by atoms with Gasteiger partial charge in [-0.15, -0.1) is 0 Å². The van der Waals surface area contributed by atoms with Crippen molar-refractivity contribution in [2.75, 3.05) is 18.0 Å². The van der Waals surface area contributed by atoms with Crippen molar-refractivity contribution in [3.05, 3.63) is 24.5 Å². The standard InChI is InChI=1S/C10H12N2O2/c13-10(14)8-3-5-12(7-8)9-2-1-4-11-6-9/h1-2,4,6,8H,3,5,7H2,(H,13,14). The molecule has 1 aromatic heterocycles. The SMILES string of the molecule is O=C(O)C1CCN(c2cccnc2)C1. The lowest BCUT2D eigenvalue weighted by molar-refractivity contribution is -0.140. The van der Waals surface area contributed by atoms with Crippen molar-refractivity contribution in [2.45, 2.75) is 6.42 Å². The average molecular weight is 192 g/mol. The van der Waals surface area contributed by atoms with Crippen LogP contribution in [0.15, 0.2) is 24.5 Å². The molecule has 1 fully saturated rings. The van der Waals surface area contributed by atoms with Gasteiger partial charge in [0.1, 0.15) is 0 Å². The van der Waals surface area contributed by atoms with Crippen LogP contribution in [0.4, 0.5) is 5.69 Å². The van der Waals surface area contributed by atoms with Crippen molar-refractivity contribution in [1.29, 1.82) is 0 Å². The van der Waals surface area contributed by atoms with Crippen molar-refractivity contribution >= 4 is 11.7 Å². The van der Waals surface area contributed by atoms with Crippen LogP contribution < -0.4 is 4.90 Å². The molecule has 4 nitrogen and oxygen atoms in total. The van der Waals surface area contributed by atoms with E-state index in [1.54, 1.807) is 12.4 Å². The number of nitrogens with zero attached hydrogens (tertiary/aromatic N) is 2. The lowest BCUT2D eigenvalue weighted by atomic mass is 10.1. The van der Waals surface area contributed by atoms with E-state index in [4.69, 9.17) is 5.11 Å². The summed E-state index contributed by atoms with van der Waals surface area (Å²) in [6, 6.07) is 3.82. The Morgan fingerprint density at radius 1 is 1.64 bits per heavy atom. The van der Waals surface area contributed by atoms with E-state index in [1.807, 2.05) is 12.1 Å². The summed E-state index contributed by atoms with van der Waals surface area (Å²) >= 11 is 0. The third kappa shape index (κ3) is 1.69. The lowest BCUT2D eigenvalue weighted by Crippen LogP contribution is -2.22. The van der Waals surface area contributed by atoms with Crippen LogP contribution in [0.25, 0.3) is 0 Å². The number of carboxylic acid groups (broad SMARTS) is 1. The molecule has 0 spiro atoms. The molecular formula is C10H12N2O2. The third-order valence-electron chi connectivity index (χ3n) is 2.55. The topological polar surface area (TPSA) is 53.4 Å². The highest BCUT2D eigenvalue weighted by Crippen LogP contribution is 2.22. The summed E-state index contributed by atoms with van der Waals surface area (Å²) in [7, 11) is 0. The molecule has 1 atom stereocenters. The Balaban J connectivity index is 2.06. The van der Waals surface area contributed by atoms with Gasteiger partial charge in [0.15, 0.2) is 0 Å². The van der Waals surface area contributed by atoms with E-state index in [-0.39, 0.29) is 5.92 Å². The van der Waals surface area contributed by atoms with Crippen LogP contribution in [-0.2, 0) is 4.79 Å². The number of pyridine rings is 1. The van der Waals surface area contributed by atoms with E-state index >= 15 is 0 Å². The van der Waals surface area contributed by atoms with Crippen molar-refractivity contribution in [2.24, 2.45) is 5.92 Å². The Morgan fingerprint density at radius 3 is 3.07 bits per heavy atom. The summed E-state index contributed by atoms with van der Waals surface area (Å²) in [5.74, 6) is -0.924. The minimum Gasteiger partial charge on any atom is -0.481 e. The van der Waals surface area contributed by atoms with Crippen LogP contribution in [0.3, 0.4) is 0 Å². The van der Waals surface area contributed by atoms with Gasteiger partial charge in [0.25, 0.3) is 0 Å². The molecule has 1 aliphatic heterocycles. The zero-order chi connectivity index (χ0) is 9.97. The van der Waals surface area contributed by atoms with Crippen molar-refractivity contribution in [1.82, 2.24) is 4.98 Å². The summed E-state index contributed by atoms with van der Waals surface area (Å²) in [6.45, 7) is 1.41. The molecule has 1 unspecified atom stereocenters. The van der Waals surface area contributed by atoms with Crippen molar-refractivity contribution < 1.29 is 9.90 Å². The predicted octanol–water partition coefficient (Wildman–Crippen LogP) is 0.992. The minimum absolute atomic E-state index is 0.227. The monoisotopic (exact) mass is 192 g/mol. The molecular weight excluding hydrogens is 180 g/mol. The summed E-state index contributed by atoms with van der Waals surface area (Å²) in [5, 5.41) is 8.84. The summed E-state index contributed by atoms with van der Waals surface area (Å²) in [4.78, 5) is 16.8. The van der Waals surface area contributed by atoms with Gasteiger partial charge in [-0.25, -0.2) is 0 Å². The molecule has 14 heavy (non-hydrogen) atoms. The largest absolute Gasteiger partial charge is 0.481 e. The molecule has 4 heteroatoms. The molecule has 0 radical (unpaired) electrons. The first-order chi connectivity index (χ1) is 6.77. The third-order valence-corrected chi connectivity index (χ3v) is 2.55. The van der Waals surface area contributed by atoms with E-state index in [2.05, 4.69) is 9.88 Å². The lowest BCUT2D eigenvalue weighted by Gasteiger charge is -2.16. The molecule has 2 rings (SSSR count). The van der Waals surface area contributed by atoms with Crippen LogP contribution in [0.2, 0.25) is 0 Å². The fourth-order valence-corrected chi connectivity index (χ4v) is 1.74. The van der Waals surface area contributed by atoms with Gasteiger partial charge in [-0.05, 0) is 18.6 Å². The zero-order valence-electron chi connectivity index (χ0n) is 7.76. The number of carboxylic acids is 1. The smallest absolute Gasteiger partial charge is 0.308 e. The summed E-state index contributed by atoms with van der Waals surface area (Å²) in [5.41, 5.74) is 1.01. The second-order valence-electron chi connectivity index (χ2n) is 3.48. The molecule has 1 N–H and O–H groups in total. The molecule has 0 saturated carbocycles. The number of anilines is 1. The van der Waals surface area contributed by atoms with Gasteiger partial charge in [0, 0.05) is 19.3 Å². The van der Waals surface area contributed by atoms with E-state index in [9.17, 15) is 4.79 Å². The first-order valence-corrected chi connectivity index (χ1v) is 4.65. The van der Waals surface area contributed by atoms with Crippen LogP contribution in [0.5, 0.6) is 0 Å². The molecule has 0 bridgehead atoms. The van der Waals surface area contributed by atoms with Crippen LogP contribution >= 0.6 is 0 Å². The Kier molecular flexibility index (Phi) is 2.35. The Hall–Kier alpha value is -1.58. The number of aliphatic carboxylic acids is 1. The highest BCUT2D eigenvalue weighted by Gasteiger charge is 2.27. The molecule has 0 aliphatic carbocycles. The Bertz CT molecular complexity index is 326. The van der Waals surface area contributed by atoms with Gasteiger partial charge in [-0.3, -0.25) is 9.78 Å². The molecule has 2 heterocycles. The normalized spacial score (nSPS) is 21.1. The molecule has 1 aromatic rings. The minimum atomic E-state index is -0.698. The van der Waals surface area contributed by atoms with Crippen LogP contribution in [0.1, 0.15) is 6.42 Å². The van der Waals surface area contributed by atoms with Crippen LogP contribution in [0, 0.1) is 5.92 Å². The van der Waals surface area contributed by atoms with E-state index in [0.29, 0.717) is 6.54 Å². The maximum atomic E-state index is 10.7. The predicted molar refractivity (Wildman–Crippen MR) is 52.2 cm³/mol. The zero-order valence-corrected chi connectivity index (χ0v) is 7.76. The highest BCUT2D eigenvalue weighted by atomic mass is 16.4. The van der Waals surface area contributed by atoms with Gasteiger partial charge >= 0.3 is 5.97 Å². The molecule has 74 valence electrons. The molecule has 0 aromatic carbocycles. The highest BCUT2D eigenvalue weighted by molar-refractivity contribution is 5.72. The first kappa shape index (κ1) is 8.99. The maximum absolute atomic E-state index is 10.7. The second-order valence-corrected chi connectivity index (χ2v) is 3.48. The van der Waals surface area contributed by atoms with Gasteiger partial charge in [-0.2, -0.15) is 0 Å².